The molecule has 0 radical (unpaired) electrons. The van der Waals surface area contributed by atoms with E-state index in [-0.39, 0.29) is 6.03 Å². The smallest absolute Gasteiger partial charge is 0.319 e. The van der Waals surface area contributed by atoms with Crippen LogP contribution in [0.25, 0.3) is 0 Å². The molecule has 0 heterocycles. The van der Waals surface area contributed by atoms with Crippen LogP contribution in [0, 0.1) is 6.92 Å². The van der Waals surface area contributed by atoms with Crippen LogP contribution in [0.5, 0.6) is 0 Å². The molecule has 0 fully saturated rings. The minimum Gasteiger partial charge on any atom is -0.381 e. The number of hydrogen-bond donors (Lipinski definition) is 2. The molecule has 0 aliphatic heterocycles. The van der Waals surface area contributed by atoms with E-state index >= 15 is 0 Å². The predicted octanol–water partition coefficient (Wildman–Crippen LogP) is 3.98. The van der Waals surface area contributed by atoms with Gasteiger partial charge in [0.25, 0.3) is 0 Å². The van der Waals surface area contributed by atoms with Crippen molar-refractivity contribution in [3.05, 3.63) is 28.8 Å². The summed E-state index contributed by atoms with van der Waals surface area (Å²) in [7, 11) is 0. The van der Waals surface area contributed by atoms with E-state index in [1.165, 1.54) is 0 Å². The Balaban J connectivity index is 2.17. The third-order valence-corrected chi connectivity index (χ3v) is 3.08. The Hall–Kier alpha value is -1.26. The summed E-state index contributed by atoms with van der Waals surface area (Å²) >= 11 is 6.04. The maximum atomic E-state index is 11.7. The van der Waals surface area contributed by atoms with Crippen molar-refractivity contribution in [3.63, 3.8) is 0 Å². The largest absolute Gasteiger partial charge is 0.381 e. The number of ether oxygens (including phenoxy) is 1. The summed E-state index contributed by atoms with van der Waals surface area (Å²) in [6.07, 6.45) is 3.02. The van der Waals surface area contributed by atoms with Crippen LogP contribution in [0.4, 0.5) is 10.5 Å². The Kier molecular flexibility index (Phi) is 8.07. The molecule has 0 aliphatic carbocycles. The number of hydrogen-bond acceptors (Lipinski definition) is 2. The van der Waals surface area contributed by atoms with Gasteiger partial charge in [-0.3, -0.25) is 0 Å². The quantitative estimate of drug-likeness (QED) is 0.713. The zero-order valence-electron chi connectivity index (χ0n) is 12.2. The molecule has 112 valence electrons. The standard InChI is InChI=1S/C15H23ClN2O2/c1-3-4-9-20-10-5-8-17-15(19)18-14-7-6-12(2)11-13(14)16/h6-7,11H,3-5,8-10H2,1-2H3,(H2,17,18,19). The number of halogens is 1. The van der Waals surface area contributed by atoms with E-state index in [1.54, 1.807) is 6.07 Å². The van der Waals surface area contributed by atoms with Gasteiger partial charge in [0.15, 0.2) is 0 Å². The fourth-order valence-corrected chi connectivity index (χ4v) is 1.89. The summed E-state index contributed by atoms with van der Waals surface area (Å²) in [5.41, 5.74) is 1.68. The summed E-state index contributed by atoms with van der Waals surface area (Å²) < 4.78 is 5.41. The lowest BCUT2D eigenvalue weighted by Gasteiger charge is -2.09. The maximum absolute atomic E-state index is 11.7. The van der Waals surface area contributed by atoms with Crippen LogP contribution < -0.4 is 10.6 Å². The van der Waals surface area contributed by atoms with Crippen molar-refractivity contribution >= 4 is 23.3 Å². The van der Waals surface area contributed by atoms with Crippen molar-refractivity contribution in [3.8, 4) is 0 Å². The molecule has 0 saturated heterocycles. The van der Waals surface area contributed by atoms with Gasteiger partial charge in [0.1, 0.15) is 0 Å². The topological polar surface area (TPSA) is 50.4 Å². The Morgan fingerprint density at radius 2 is 2.05 bits per heavy atom. The molecule has 1 rings (SSSR count). The predicted molar refractivity (Wildman–Crippen MR) is 83.6 cm³/mol. The van der Waals surface area contributed by atoms with Crippen LogP contribution in [0.15, 0.2) is 18.2 Å². The molecule has 5 heteroatoms. The van der Waals surface area contributed by atoms with Gasteiger partial charge in [0.2, 0.25) is 0 Å². The molecule has 1 aromatic carbocycles. The number of carbonyl (C=O) groups excluding carboxylic acids is 1. The summed E-state index contributed by atoms with van der Waals surface area (Å²) in [6, 6.07) is 5.27. The number of aryl methyl sites for hydroxylation is 1. The first kappa shape index (κ1) is 16.8. The lowest BCUT2D eigenvalue weighted by Crippen LogP contribution is -2.30. The van der Waals surface area contributed by atoms with Crippen molar-refractivity contribution in [2.75, 3.05) is 25.1 Å². The Morgan fingerprint density at radius 3 is 2.75 bits per heavy atom. The highest BCUT2D eigenvalue weighted by molar-refractivity contribution is 6.33. The molecule has 20 heavy (non-hydrogen) atoms. The highest BCUT2D eigenvalue weighted by Gasteiger charge is 2.04. The Labute approximate surface area is 125 Å². The van der Waals surface area contributed by atoms with Crippen LogP contribution in [-0.4, -0.2) is 25.8 Å². The van der Waals surface area contributed by atoms with E-state index in [4.69, 9.17) is 16.3 Å². The summed E-state index contributed by atoms with van der Waals surface area (Å²) in [5.74, 6) is 0. The van der Waals surface area contributed by atoms with Gasteiger partial charge in [0, 0.05) is 19.8 Å². The monoisotopic (exact) mass is 298 g/mol. The molecule has 4 nitrogen and oxygen atoms in total. The fraction of sp³-hybridized carbons (Fsp3) is 0.533. The molecule has 1 aromatic rings. The molecular formula is C15H23ClN2O2. The molecule has 2 N–H and O–H groups in total. The van der Waals surface area contributed by atoms with Gasteiger partial charge < -0.3 is 15.4 Å². The molecule has 0 bridgehead atoms. The van der Waals surface area contributed by atoms with Gasteiger partial charge in [-0.1, -0.05) is 31.0 Å². The van der Waals surface area contributed by atoms with Crippen molar-refractivity contribution in [1.29, 1.82) is 0 Å². The van der Waals surface area contributed by atoms with E-state index < -0.39 is 0 Å². The van der Waals surface area contributed by atoms with Gasteiger partial charge in [-0.2, -0.15) is 0 Å². The average molecular weight is 299 g/mol. The molecule has 2 amide bonds. The van der Waals surface area contributed by atoms with Crippen LogP contribution >= 0.6 is 11.6 Å². The second-order valence-electron chi connectivity index (χ2n) is 4.68. The first-order valence-corrected chi connectivity index (χ1v) is 7.40. The van der Waals surface area contributed by atoms with E-state index in [0.29, 0.717) is 23.9 Å². The number of unbranched alkanes of at least 4 members (excludes halogenated alkanes) is 1. The number of carbonyl (C=O) groups is 1. The van der Waals surface area contributed by atoms with Gasteiger partial charge >= 0.3 is 6.03 Å². The summed E-state index contributed by atoms with van der Waals surface area (Å²) in [6.45, 7) is 6.13. The molecule has 0 atom stereocenters. The normalized spacial score (nSPS) is 10.3. The minimum absolute atomic E-state index is 0.246. The highest BCUT2D eigenvalue weighted by atomic mass is 35.5. The fourth-order valence-electron chi connectivity index (χ4n) is 1.61. The zero-order valence-corrected chi connectivity index (χ0v) is 12.9. The zero-order chi connectivity index (χ0) is 14.8. The number of benzene rings is 1. The van der Waals surface area contributed by atoms with Gasteiger partial charge in [0.05, 0.1) is 10.7 Å². The van der Waals surface area contributed by atoms with Crippen molar-refractivity contribution in [2.24, 2.45) is 0 Å². The first-order chi connectivity index (χ1) is 9.63. The van der Waals surface area contributed by atoms with Crippen LogP contribution in [0.3, 0.4) is 0 Å². The average Bonchev–Trinajstić information content (AvgIpc) is 2.41. The van der Waals surface area contributed by atoms with Gasteiger partial charge in [-0.25, -0.2) is 4.79 Å². The Bertz CT molecular complexity index is 424. The highest BCUT2D eigenvalue weighted by Crippen LogP contribution is 2.22. The van der Waals surface area contributed by atoms with Crippen molar-refractivity contribution < 1.29 is 9.53 Å². The number of amides is 2. The molecule has 0 saturated carbocycles. The number of urea groups is 1. The molecule has 0 aliphatic rings. The number of rotatable bonds is 8. The molecule has 0 aromatic heterocycles. The second-order valence-corrected chi connectivity index (χ2v) is 5.09. The lowest BCUT2D eigenvalue weighted by atomic mass is 10.2. The lowest BCUT2D eigenvalue weighted by molar-refractivity contribution is 0.129. The second kappa shape index (κ2) is 9.61. The van der Waals surface area contributed by atoms with Crippen LogP contribution in [0.2, 0.25) is 5.02 Å². The van der Waals surface area contributed by atoms with E-state index in [9.17, 15) is 4.79 Å². The van der Waals surface area contributed by atoms with E-state index in [2.05, 4.69) is 17.6 Å². The Morgan fingerprint density at radius 1 is 1.30 bits per heavy atom. The van der Waals surface area contributed by atoms with Crippen LogP contribution in [0.1, 0.15) is 31.7 Å². The van der Waals surface area contributed by atoms with Gasteiger partial charge in [-0.05, 0) is 37.5 Å². The summed E-state index contributed by atoms with van der Waals surface area (Å²) in [5, 5.41) is 6.05. The SMILES string of the molecule is CCCCOCCCNC(=O)Nc1ccc(C)cc1Cl. The van der Waals surface area contributed by atoms with Gasteiger partial charge in [-0.15, -0.1) is 0 Å². The number of anilines is 1. The van der Waals surface area contributed by atoms with E-state index in [1.807, 2.05) is 19.1 Å². The van der Waals surface area contributed by atoms with E-state index in [0.717, 1.165) is 31.4 Å². The van der Waals surface area contributed by atoms with Crippen molar-refractivity contribution in [1.82, 2.24) is 5.32 Å². The molecular weight excluding hydrogens is 276 g/mol. The maximum Gasteiger partial charge on any atom is 0.319 e. The minimum atomic E-state index is -0.246. The molecule has 0 unspecified atom stereocenters. The third-order valence-electron chi connectivity index (χ3n) is 2.77. The number of nitrogens with one attached hydrogen (secondary N) is 2. The van der Waals surface area contributed by atoms with Crippen molar-refractivity contribution in [2.45, 2.75) is 33.1 Å². The first-order valence-electron chi connectivity index (χ1n) is 7.02. The molecule has 0 spiro atoms. The third kappa shape index (κ3) is 6.78. The summed E-state index contributed by atoms with van der Waals surface area (Å²) in [4.78, 5) is 11.7. The van der Waals surface area contributed by atoms with Crippen LogP contribution in [-0.2, 0) is 4.74 Å².